The molecule has 3 aromatic heterocycles. The van der Waals surface area contributed by atoms with E-state index in [2.05, 4.69) is 259 Å². The minimum atomic E-state index is -3.67. The number of benzene rings is 10. The van der Waals surface area contributed by atoms with Crippen molar-refractivity contribution in [3.05, 3.63) is 367 Å². The summed E-state index contributed by atoms with van der Waals surface area (Å²) >= 11 is 6.47. The summed E-state index contributed by atoms with van der Waals surface area (Å²) in [4.78, 5) is 30.4. The van der Waals surface area contributed by atoms with E-state index < -0.39 is 7.54 Å². The van der Waals surface area contributed by atoms with Crippen molar-refractivity contribution >= 4 is 223 Å². The molecule has 513 valence electrons. The summed E-state index contributed by atoms with van der Waals surface area (Å²) in [7, 11) is 0.972. The van der Waals surface area contributed by atoms with Gasteiger partial charge in [0.2, 0.25) is 0 Å². The Labute approximate surface area is 732 Å². The molecule has 3 aliphatic heterocycles. The summed E-state index contributed by atoms with van der Waals surface area (Å²) in [6.07, 6.45) is 24.2. The monoisotopic (exact) mass is 1870 g/mol. The van der Waals surface area contributed by atoms with E-state index in [1.165, 1.54) is 204 Å². The van der Waals surface area contributed by atoms with Gasteiger partial charge in [-0.1, -0.05) is 152 Å². The third kappa shape index (κ3) is 23.6. The number of hydrogen-bond donors (Lipinski definition) is 0. The summed E-state index contributed by atoms with van der Waals surface area (Å²) in [5.41, 5.74) is 14.0. The SMILES string of the molecule is FB(F)F.[C-]1=CCCC2(C=CC2)C1.[Cl][Ir+2].[F-].[Ir].[K][K].[K][K].[c-]1ccccc1N1[CH-]N(c2ccccc2)c2ccccc21.[c-]1ccccc1N1[CH-]N(c2ccccc2)c2nccnc21.c1ccc(-n2c[n+](-c3ccccc3)c3ccccc32)cc1.c1ccc(N2[CH-]N(c3ccccc3)c3nccnc32)cc1. The quantitative estimate of drug-likeness (QED) is 0.0482. The Morgan fingerprint density at radius 2 is 0.800 bits per heavy atom. The summed E-state index contributed by atoms with van der Waals surface area (Å²) in [5.74, 6) is 3.31. The van der Waals surface area contributed by atoms with E-state index in [1.54, 1.807) is 24.8 Å². The van der Waals surface area contributed by atoms with Crippen LogP contribution in [0, 0.1) is 43.6 Å². The summed E-state index contributed by atoms with van der Waals surface area (Å²) in [6, 6.07) is 101. The molecule has 13 aromatic rings. The van der Waals surface area contributed by atoms with Crippen LogP contribution in [0.1, 0.15) is 25.7 Å². The molecule has 0 N–H and O–H groups in total. The third-order valence-electron chi connectivity index (χ3n) is 16.5. The van der Waals surface area contributed by atoms with Gasteiger partial charge in [-0.2, -0.15) is 76.2 Å². The van der Waals surface area contributed by atoms with Gasteiger partial charge in [0.05, 0.1) is 0 Å². The molecule has 0 saturated carbocycles. The second kappa shape index (κ2) is 46.6. The molecule has 2 aliphatic carbocycles. The van der Waals surface area contributed by atoms with Gasteiger partial charge < -0.3 is 40.2 Å². The van der Waals surface area contributed by atoms with Crippen molar-refractivity contribution in [2.45, 2.75) is 25.7 Å². The van der Waals surface area contributed by atoms with E-state index in [0.717, 1.165) is 57.4 Å². The van der Waals surface area contributed by atoms with Gasteiger partial charge in [0.25, 0.3) is 6.33 Å². The number of allylic oxidation sites excluding steroid dienone is 4. The molecule has 1 atom stereocenters. The maximum absolute atomic E-state index is 9.67. The van der Waals surface area contributed by atoms with Crippen LogP contribution in [0.15, 0.2) is 328 Å². The standard InChI is InChI=1S/C19H15N2.C19H14N2.C17H13N4.C17H12N4.C9H11.BF3.ClH.FH.2Ir.4K/c2*1-3-9-16(10-4-1)20-15-21(17-11-5-2-6-12-17)19-14-8-7-13-18(19)20;2*1-3-7-14(8-4-1)20-13-21(15-9-5-2-6-10-15)17-16(20)18-11-12-19-17;1-2-5-9(6-3-1)7-4-8-9;2-1(3)4;;;;;;;;/h1-15H;1-11,13-15H;1-13H;1-9,11-13H;1,4,7H,2,5-6,8H2;;2*1H;;;;;;/q+1;-2;-1;-2;-1;;;;;+3;;;;/p-2. The first kappa shape index (κ1) is 86.6. The molecule has 1 unspecified atom stereocenters. The number of imidazole rings is 1. The maximum atomic E-state index is 9.67. The normalized spacial score (nSPS) is 14.0. The molecule has 0 amide bonds. The average molecular weight is 1870 g/mol. The number of halogens is 5. The van der Waals surface area contributed by atoms with Crippen molar-refractivity contribution in [3.8, 4) is 11.4 Å². The molecule has 12 nitrogen and oxygen atoms in total. The molecule has 24 heteroatoms. The molecule has 5 aliphatic rings. The number of fused-ring (bicyclic) bond motifs is 4. The van der Waals surface area contributed by atoms with Crippen LogP contribution in [0.5, 0.6) is 0 Å². The first-order valence-corrected chi connectivity index (χ1v) is 68.9. The van der Waals surface area contributed by atoms with Crippen molar-refractivity contribution in [3.63, 3.8) is 0 Å². The zero-order valence-electron chi connectivity index (χ0n) is 58.2. The van der Waals surface area contributed by atoms with E-state index in [1.807, 2.05) is 151 Å². The van der Waals surface area contributed by atoms with Crippen molar-refractivity contribution in [1.82, 2.24) is 24.5 Å². The number of hydrogen-bond acceptors (Lipinski definition) is 10. The van der Waals surface area contributed by atoms with E-state index in [4.69, 9.17) is 0 Å². The van der Waals surface area contributed by atoms with Gasteiger partial charge in [-0.3, -0.25) is 19.0 Å². The van der Waals surface area contributed by atoms with Gasteiger partial charge in [0.15, 0.2) is 11.0 Å². The Morgan fingerprint density at radius 3 is 1.20 bits per heavy atom. The predicted octanol–water partition coefficient (Wildman–Crippen LogP) is 15.9. The fraction of sp³-hybridized carbons (Fsp3) is 0.0617. The second-order valence-electron chi connectivity index (χ2n) is 22.7. The van der Waals surface area contributed by atoms with Crippen molar-refractivity contribution in [1.29, 1.82) is 0 Å². The minimum absolute atomic E-state index is 0. The molecule has 0 bridgehead atoms. The van der Waals surface area contributed by atoms with Crippen LogP contribution >= 0.6 is 9.58 Å². The van der Waals surface area contributed by atoms with Crippen LogP contribution in [0.3, 0.4) is 0 Å². The fourth-order valence-corrected chi connectivity index (χ4v) is 11.7. The number of anilines is 12. The van der Waals surface area contributed by atoms with Gasteiger partial charge in [-0.25, -0.2) is 19.9 Å². The number of aromatic nitrogens is 6. The molecule has 0 fully saturated rings. The molecular formula is C81H65BClF4Ir2K4N12-4. The van der Waals surface area contributed by atoms with Crippen LogP contribution in [0.2, 0.25) is 0 Å². The molecule has 105 heavy (non-hydrogen) atoms. The van der Waals surface area contributed by atoms with Crippen LogP contribution in [-0.4, -0.2) is 158 Å². The summed E-state index contributed by atoms with van der Waals surface area (Å²) < 4.78 is 33.4. The van der Waals surface area contributed by atoms with E-state index in [-0.39, 0.29) is 24.8 Å². The Morgan fingerprint density at radius 1 is 0.448 bits per heavy atom. The van der Waals surface area contributed by atoms with E-state index in [9.17, 15) is 12.9 Å². The predicted molar refractivity (Wildman–Crippen MR) is 413 cm³/mol. The number of rotatable bonds is 8. The summed E-state index contributed by atoms with van der Waals surface area (Å²) in [6.45, 7) is 6.13. The van der Waals surface area contributed by atoms with Gasteiger partial charge in [-0.15, -0.1) is 31.4 Å². The molecule has 1 spiro atoms. The Kier molecular flexibility index (Phi) is 38.5. The van der Waals surface area contributed by atoms with Gasteiger partial charge in [-0.05, 0) is 115 Å². The Hall–Kier alpha value is -3.97. The number of nitrogens with zero attached hydrogens (tertiary/aromatic N) is 12. The maximum Gasteiger partial charge on any atom is 0.255 e. The van der Waals surface area contributed by atoms with Crippen LogP contribution in [0.4, 0.5) is 81.7 Å². The topological polar surface area (TPSA) is 79.8 Å². The van der Waals surface area contributed by atoms with E-state index >= 15 is 0 Å². The van der Waals surface area contributed by atoms with Gasteiger partial charge in [0, 0.05) is 79.0 Å². The van der Waals surface area contributed by atoms with Crippen molar-refractivity contribution < 1.29 is 60.2 Å². The minimum Gasteiger partial charge on any atom is -0.493 e. The van der Waals surface area contributed by atoms with Crippen molar-refractivity contribution in [2.24, 2.45) is 5.41 Å². The molecule has 10 aromatic carbocycles. The van der Waals surface area contributed by atoms with Crippen molar-refractivity contribution in [2.75, 3.05) is 29.4 Å². The Bertz CT molecular complexity index is 4130. The molecule has 18 rings (SSSR count). The molecule has 0 saturated heterocycles. The average Bonchev–Trinajstić information content (AvgIpc) is 1.78. The zero-order valence-corrected chi connectivity index (χ0v) is 76.3. The van der Waals surface area contributed by atoms with Crippen LogP contribution in [-0.2, 0) is 38.0 Å². The molecular weight excluding hydrogens is 1800 g/mol. The van der Waals surface area contributed by atoms with Crippen LogP contribution < -0.4 is 38.7 Å². The fourth-order valence-electron chi connectivity index (χ4n) is 11.7. The third-order valence-corrected chi connectivity index (χ3v) is 16.5. The largest absolute Gasteiger partial charge is 0.493 e. The molecule has 1 radical (unpaired) electrons. The smallest absolute Gasteiger partial charge is 0.255 e. The first-order chi connectivity index (χ1) is 50.9. The summed E-state index contributed by atoms with van der Waals surface area (Å²) in [5, 5.41) is 0. The van der Waals surface area contributed by atoms with Gasteiger partial charge >= 0.3 is 161 Å². The second-order valence-corrected chi connectivity index (χ2v) is 22.7. The molecule has 6 heterocycles. The Balaban J connectivity index is 0.000000163. The first-order valence-electron chi connectivity index (χ1n) is 33.9. The van der Waals surface area contributed by atoms with Gasteiger partial charge in [0.1, 0.15) is 34.6 Å². The van der Waals surface area contributed by atoms with Crippen LogP contribution in [0.25, 0.3) is 22.4 Å². The number of para-hydroxylation sites is 12. The van der Waals surface area contributed by atoms with E-state index in [0.29, 0.717) is 5.41 Å². The zero-order chi connectivity index (χ0) is 72.0.